The highest BCUT2D eigenvalue weighted by molar-refractivity contribution is 6.30. The fraction of sp³-hybridized carbons (Fsp3) is 0.263. The molecule has 1 heterocycles. The first-order valence-electron chi connectivity index (χ1n) is 8.02. The minimum absolute atomic E-state index is 0.0428. The van der Waals surface area contributed by atoms with E-state index in [1.165, 1.54) is 5.56 Å². The van der Waals surface area contributed by atoms with E-state index in [9.17, 15) is 9.59 Å². The molecule has 1 aliphatic heterocycles. The fourth-order valence-corrected chi connectivity index (χ4v) is 2.95. The van der Waals surface area contributed by atoms with Crippen LogP contribution in [0, 0.1) is 5.92 Å². The van der Waals surface area contributed by atoms with Gasteiger partial charge in [-0.15, -0.1) is 0 Å². The zero-order valence-corrected chi connectivity index (χ0v) is 14.2. The Morgan fingerprint density at radius 1 is 1.17 bits per heavy atom. The molecule has 0 saturated carbocycles. The van der Waals surface area contributed by atoms with Gasteiger partial charge < -0.3 is 10.2 Å². The van der Waals surface area contributed by atoms with E-state index in [0.717, 1.165) is 17.8 Å². The average Bonchev–Trinajstić information content (AvgIpc) is 2.98. The van der Waals surface area contributed by atoms with Gasteiger partial charge in [-0.2, -0.15) is 0 Å². The predicted octanol–water partition coefficient (Wildman–Crippen LogP) is 3.89. The van der Waals surface area contributed by atoms with Crippen LogP contribution in [0.4, 0.5) is 11.4 Å². The lowest BCUT2D eigenvalue weighted by atomic mass is 10.1. The van der Waals surface area contributed by atoms with Gasteiger partial charge >= 0.3 is 0 Å². The number of nitrogens with zero attached hydrogens (tertiary/aromatic N) is 1. The summed E-state index contributed by atoms with van der Waals surface area (Å²) >= 11 is 5.88. The lowest BCUT2D eigenvalue weighted by molar-refractivity contribution is -0.122. The summed E-state index contributed by atoms with van der Waals surface area (Å²) in [7, 11) is 0. The second kappa shape index (κ2) is 7.05. The van der Waals surface area contributed by atoms with E-state index in [-0.39, 0.29) is 24.2 Å². The molecular weight excluding hydrogens is 324 g/mol. The van der Waals surface area contributed by atoms with E-state index in [1.807, 2.05) is 24.3 Å². The molecule has 1 N–H and O–H groups in total. The summed E-state index contributed by atoms with van der Waals surface area (Å²) in [6.07, 6.45) is 1.18. The Labute approximate surface area is 146 Å². The van der Waals surface area contributed by atoms with Gasteiger partial charge in [0.15, 0.2) is 0 Å². The molecule has 1 aliphatic rings. The summed E-state index contributed by atoms with van der Waals surface area (Å²) in [5.74, 6) is -0.512. The number of carbonyl (C=O) groups is 2. The van der Waals surface area contributed by atoms with Crippen molar-refractivity contribution < 1.29 is 9.59 Å². The maximum absolute atomic E-state index is 12.4. The van der Waals surface area contributed by atoms with Gasteiger partial charge in [-0.25, -0.2) is 0 Å². The highest BCUT2D eigenvalue weighted by atomic mass is 35.5. The van der Waals surface area contributed by atoms with E-state index < -0.39 is 0 Å². The van der Waals surface area contributed by atoms with Crippen LogP contribution in [0.3, 0.4) is 0 Å². The van der Waals surface area contributed by atoms with Crippen molar-refractivity contribution in [2.75, 3.05) is 16.8 Å². The molecule has 2 aromatic carbocycles. The molecule has 3 rings (SSSR count). The van der Waals surface area contributed by atoms with Crippen molar-refractivity contribution in [1.29, 1.82) is 0 Å². The molecule has 0 spiro atoms. The van der Waals surface area contributed by atoms with Crippen LogP contribution in [0.2, 0.25) is 5.02 Å². The van der Waals surface area contributed by atoms with E-state index in [0.29, 0.717) is 11.6 Å². The van der Waals surface area contributed by atoms with Crippen molar-refractivity contribution in [3.63, 3.8) is 0 Å². The number of aryl methyl sites for hydroxylation is 1. The number of hydrogen-bond acceptors (Lipinski definition) is 2. The molecule has 2 amide bonds. The van der Waals surface area contributed by atoms with Crippen LogP contribution in [0.1, 0.15) is 18.9 Å². The SMILES string of the molecule is CCc1ccc(NC(=O)[C@H]2CC(=O)N(c3ccc(Cl)cc3)C2)cc1. The summed E-state index contributed by atoms with van der Waals surface area (Å²) in [5, 5.41) is 3.52. The minimum atomic E-state index is -0.348. The quantitative estimate of drug-likeness (QED) is 0.916. The topological polar surface area (TPSA) is 49.4 Å². The van der Waals surface area contributed by atoms with Crippen LogP contribution in [0.25, 0.3) is 0 Å². The van der Waals surface area contributed by atoms with Crippen molar-refractivity contribution in [3.8, 4) is 0 Å². The van der Waals surface area contributed by atoms with Gasteiger partial charge in [0.1, 0.15) is 0 Å². The molecule has 4 nitrogen and oxygen atoms in total. The molecule has 124 valence electrons. The minimum Gasteiger partial charge on any atom is -0.326 e. The molecule has 5 heteroatoms. The van der Waals surface area contributed by atoms with Crippen molar-refractivity contribution >= 4 is 34.8 Å². The highest BCUT2D eigenvalue weighted by Gasteiger charge is 2.35. The maximum Gasteiger partial charge on any atom is 0.229 e. The normalized spacial score (nSPS) is 17.2. The maximum atomic E-state index is 12.4. The van der Waals surface area contributed by atoms with Crippen molar-refractivity contribution in [2.24, 2.45) is 5.92 Å². The number of anilines is 2. The van der Waals surface area contributed by atoms with Gasteiger partial charge in [-0.3, -0.25) is 9.59 Å². The van der Waals surface area contributed by atoms with Crippen molar-refractivity contribution in [3.05, 3.63) is 59.1 Å². The van der Waals surface area contributed by atoms with Gasteiger partial charge in [0.25, 0.3) is 0 Å². The summed E-state index contributed by atoms with van der Waals surface area (Å²) in [4.78, 5) is 26.3. The number of benzene rings is 2. The van der Waals surface area contributed by atoms with Gasteiger partial charge in [0.05, 0.1) is 5.92 Å². The largest absolute Gasteiger partial charge is 0.326 e. The standard InChI is InChI=1S/C19H19ClN2O2/c1-2-13-3-7-16(8-4-13)21-19(24)14-11-18(23)22(12-14)17-9-5-15(20)6-10-17/h3-10,14H,2,11-12H2,1H3,(H,21,24)/t14-/m0/s1. The van der Waals surface area contributed by atoms with Gasteiger partial charge in [-0.1, -0.05) is 30.7 Å². The Balaban J connectivity index is 1.66. The monoisotopic (exact) mass is 342 g/mol. The molecule has 2 aromatic rings. The molecule has 1 saturated heterocycles. The number of nitrogens with one attached hydrogen (secondary N) is 1. The Kier molecular flexibility index (Phi) is 4.86. The zero-order valence-electron chi connectivity index (χ0n) is 13.5. The van der Waals surface area contributed by atoms with Crippen LogP contribution in [0.5, 0.6) is 0 Å². The Bertz CT molecular complexity index is 741. The van der Waals surface area contributed by atoms with Crippen LogP contribution in [-0.4, -0.2) is 18.4 Å². The average molecular weight is 343 g/mol. The van der Waals surface area contributed by atoms with Crippen LogP contribution >= 0.6 is 11.6 Å². The summed E-state index contributed by atoms with van der Waals surface area (Å²) < 4.78 is 0. The number of halogens is 1. The van der Waals surface area contributed by atoms with E-state index >= 15 is 0 Å². The smallest absolute Gasteiger partial charge is 0.229 e. The van der Waals surface area contributed by atoms with Crippen molar-refractivity contribution in [1.82, 2.24) is 0 Å². The Morgan fingerprint density at radius 2 is 1.83 bits per heavy atom. The van der Waals surface area contributed by atoms with Crippen LogP contribution < -0.4 is 10.2 Å². The molecule has 0 aromatic heterocycles. The summed E-state index contributed by atoms with van der Waals surface area (Å²) in [6.45, 7) is 2.47. The molecule has 0 unspecified atom stereocenters. The third-order valence-corrected chi connectivity index (χ3v) is 4.52. The summed E-state index contributed by atoms with van der Waals surface area (Å²) in [5.41, 5.74) is 2.75. The van der Waals surface area contributed by atoms with Gasteiger partial charge in [0.2, 0.25) is 11.8 Å². The van der Waals surface area contributed by atoms with Gasteiger partial charge in [0, 0.05) is 29.4 Å². The number of rotatable bonds is 4. The Hall–Kier alpha value is -2.33. The lowest BCUT2D eigenvalue weighted by Gasteiger charge is -2.16. The van der Waals surface area contributed by atoms with Crippen LogP contribution in [0.15, 0.2) is 48.5 Å². The highest BCUT2D eigenvalue weighted by Crippen LogP contribution is 2.27. The van der Waals surface area contributed by atoms with Gasteiger partial charge in [-0.05, 0) is 48.4 Å². The zero-order chi connectivity index (χ0) is 17.1. The molecule has 1 atom stereocenters. The molecular formula is C19H19ClN2O2. The first-order valence-corrected chi connectivity index (χ1v) is 8.40. The summed E-state index contributed by atoms with van der Waals surface area (Å²) in [6, 6.07) is 14.9. The molecule has 0 aliphatic carbocycles. The second-order valence-electron chi connectivity index (χ2n) is 5.92. The van der Waals surface area contributed by atoms with Crippen molar-refractivity contribution in [2.45, 2.75) is 19.8 Å². The predicted molar refractivity (Wildman–Crippen MR) is 96.4 cm³/mol. The number of amides is 2. The van der Waals surface area contributed by atoms with E-state index in [2.05, 4.69) is 12.2 Å². The lowest BCUT2D eigenvalue weighted by Crippen LogP contribution is -2.28. The third-order valence-electron chi connectivity index (χ3n) is 4.26. The number of carbonyl (C=O) groups excluding carboxylic acids is 2. The first kappa shape index (κ1) is 16.5. The molecule has 24 heavy (non-hydrogen) atoms. The molecule has 1 fully saturated rings. The fourth-order valence-electron chi connectivity index (χ4n) is 2.82. The molecule has 0 radical (unpaired) electrons. The number of hydrogen-bond donors (Lipinski definition) is 1. The molecule has 0 bridgehead atoms. The third kappa shape index (κ3) is 3.60. The first-order chi connectivity index (χ1) is 11.6. The van der Waals surface area contributed by atoms with E-state index in [1.54, 1.807) is 29.2 Å². The van der Waals surface area contributed by atoms with E-state index in [4.69, 9.17) is 11.6 Å². The Morgan fingerprint density at radius 3 is 2.46 bits per heavy atom. The van der Waals surface area contributed by atoms with Crippen LogP contribution in [-0.2, 0) is 16.0 Å². The second-order valence-corrected chi connectivity index (χ2v) is 6.36.